The lowest BCUT2D eigenvalue weighted by atomic mass is 10.1. The normalized spacial score (nSPS) is 10.9. The van der Waals surface area contributed by atoms with Crippen molar-refractivity contribution in [2.24, 2.45) is 0 Å². The number of hydrogen-bond acceptors (Lipinski definition) is 1. The number of benzene rings is 1. The highest BCUT2D eigenvalue weighted by molar-refractivity contribution is 5.34. The van der Waals surface area contributed by atoms with Crippen LogP contribution in [-0.4, -0.2) is 6.61 Å². The van der Waals surface area contributed by atoms with E-state index in [9.17, 15) is 4.39 Å². The topological polar surface area (TPSA) is 9.23 Å². The standard InChI is InChI=1S/C13H17FO/c1-3-5-6-7-11-10-12(14)8-9-13(11)15-4-2/h3,5,8-10H,4,6-7H2,1-2H3/b5-3-. The summed E-state index contributed by atoms with van der Waals surface area (Å²) in [5.41, 5.74) is 0.940. The van der Waals surface area contributed by atoms with Gasteiger partial charge in [-0.1, -0.05) is 12.2 Å². The fourth-order valence-electron chi connectivity index (χ4n) is 1.45. The van der Waals surface area contributed by atoms with Crippen LogP contribution in [0.5, 0.6) is 5.75 Å². The van der Waals surface area contributed by atoms with Gasteiger partial charge in [-0.3, -0.25) is 0 Å². The van der Waals surface area contributed by atoms with Crippen molar-refractivity contribution in [3.05, 3.63) is 41.7 Å². The first-order valence-corrected chi connectivity index (χ1v) is 5.30. The van der Waals surface area contributed by atoms with Crippen molar-refractivity contribution in [3.63, 3.8) is 0 Å². The lowest BCUT2D eigenvalue weighted by Gasteiger charge is -2.09. The van der Waals surface area contributed by atoms with Crippen molar-refractivity contribution in [2.45, 2.75) is 26.7 Å². The minimum absolute atomic E-state index is 0.200. The average molecular weight is 208 g/mol. The number of ether oxygens (including phenoxy) is 1. The molecule has 82 valence electrons. The minimum Gasteiger partial charge on any atom is -0.494 e. The van der Waals surface area contributed by atoms with Crippen LogP contribution in [0.4, 0.5) is 4.39 Å². The van der Waals surface area contributed by atoms with E-state index in [1.165, 1.54) is 6.07 Å². The van der Waals surface area contributed by atoms with Crippen molar-refractivity contribution in [1.29, 1.82) is 0 Å². The van der Waals surface area contributed by atoms with E-state index in [-0.39, 0.29) is 5.82 Å². The van der Waals surface area contributed by atoms with Gasteiger partial charge in [0, 0.05) is 0 Å². The molecule has 0 aliphatic rings. The molecule has 0 aliphatic carbocycles. The number of allylic oxidation sites excluding steroid dienone is 2. The fourth-order valence-corrected chi connectivity index (χ4v) is 1.45. The molecule has 1 aromatic rings. The van der Waals surface area contributed by atoms with Crippen LogP contribution in [0.2, 0.25) is 0 Å². The van der Waals surface area contributed by atoms with E-state index in [1.807, 2.05) is 19.9 Å². The second-order valence-electron chi connectivity index (χ2n) is 3.29. The largest absolute Gasteiger partial charge is 0.494 e. The Labute approximate surface area is 90.6 Å². The van der Waals surface area contributed by atoms with Crippen molar-refractivity contribution < 1.29 is 9.13 Å². The molecule has 1 rings (SSSR count). The number of halogens is 1. The smallest absolute Gasteiger partial charge is 0.123 e. The predicted octanol–water partition coefficient (Wildman–Crippen LogP) is 3.73. The van der Waals surface area contributed by atoms with Crippen molar-refractivity contribution >= 4 is 0 Å². The quantitative estimate of drug-likeness (QED) is 0.670. The van der Waals surface area contributed by atoms with Crippen molar-refractivity contribution in [3.8, 4) is 5.75 Å². The molecule has 0 saturated heterocycles. The van der Waals surface area contributed by atoms with E-state index < -0.39 is 0 Å². The molecule has 1 aromatic carbocycles. The van der Waals surface area contributed by atoms with E-state index in [2.05, 4.69) is 6.08 Å². The summed E-state index contributed by atoms with van der Waals surface area (Å²) in [6.07, 6.45) is 5.80. The Morgan fingerprint density at radius 2 is 2.20 bits per heavy atom. The second kappa shape index (κ2) is 6.23. The van der Waals surface area contributed by atoms with Crippen LogP contribution in [0.25, 0.3) is 0 Å². The third-order valence-corrected chi connectivity index (χ3v) is 2.14. The first kappa shape index (κ1) is 11.8. The zero-order valence-corrected chi connectivity index (χ0v) is 9.29. The van der Waals surface area contributed by atoms with Gasteiger partial charge in [0.15, 0.2) is 0 Å². The zero-order valence-electron chi connectivity index (χ0n) is 9.29. The molecule has 15 heavy (non-hydrogen) atoms. The number of rotatable bonds is 5. The molecule has 0 N–H and O–H groups in total. The Bertz CT molecular complexity index is 331. The molecule has 2 heteroatoms. The summed E-state index contributed by atoms with van der Waals surface area (Å²) < 4.78 is 18.5. The molecule has 0 radical (unpaired) electrons. The second-order valence-corrected chi connectivity index (χ2v) is 3.29. The highest BCUT2D eigenvalue weighted by Gasteiger charge is 2.03. The van der Waals surface area contributed by atoms with Gasteiger partial charge in [0.05, 0.1) is 6.61 Å². The molecule has 0 atom stereocenters. The molecular formula is C13H17FO. The maximum absolute atomic E-state index is 13.0. The van der Waals surface area contributed by atoms with Gasteiger partial charge in [-0.2, -0.15) is 0 Å². The Hall–Kier alpha value is -1.31. The van der Waals surface area contributed by atoms with E-state index in [1.54, 1.807) is 12.1 Å². The molecule has 0 amide bonds. The number of hydrogen-bond donors (Lipinski definition) is 0. The highest BCUT2D eigenvalue weighted by atomic mass is 19.1. The van der Waals surface area contributed by atoms with Crippen LogP contribution in [0.3, 0.4) is 0 Å². The SMILES string of the molecule is C/C=C\CCc1cc(F)ccc1OCC. The van der Waals surface area contributed by atoms with E-state index in [0.717, 1.165) is 24.2 Å². The molecule has 0 bridgehead atoms. The summed E-state index contributed by atoms with van der Waals surface area (Å²) >= 11 is 0. The molecule has 0 aromatic heterocycles. The van der Waals surface area contributed by atoms with Gasteiger partial charge in [-0.05, 0) is 50.5 Å². The molecule has 0 unspecified atom stereocenters. The Morgan fingerprint density at radius 3 is 2.87 bits per heavy atom. The van der Waals surface area contributed by atoms with Crippen molar-refractivity contribution in [2.75, 3.05) is 6.61 Å². The molecule has 0 saturated carbocycles. The number of aryl methyl sites for hydroxylation is 1. The lowest BCUT2D eigenvalue weighted by molar-refractivity contribution is 0.336. The maximum Gasteiger partial charge on any atom is 0.123 e. The van der Waals surface area contributed by atoms with Gasteiger partial charge in [0.1, 0.15) is 11.6 Å². The first-order chi connectivity index (χ1) is 7.27. The Morgan fingerprint density at radius 1 is 1.40 bits per heavy atom. The minimum atomic E-state index is -0.200. The highest BCUT2D eigenvalue weighted by Crippen LogP contribution is 2.21. The molecular weight excluding hydrogens is 191 g/mol. The fraction of sp³-hybridized carbons (Fsp3) is 0.385. The average Bonchev–Trinajstić information content (AvgIpc) is 2.22. The molecule has 0 aliphatic heterocycles. The van der Waals surface area contributed by atoms with Crippen LogP contribution >= 0.6 is 0 Å². The van der Waals surface area contributed by atoms with E-state index >= 15 is 0 Å². The maximum atomic E-state index is 13.0. The third-order valence-electron chi connectivity index (χ3n) is 2.14. The van der Waals surface area contributed by atoms with Gasteiger partial charge in [-0.25, -0.2) is 4.39 Å². The molecule has 0 heterocycles. The van der Waals surface area contributed by atoms with E-state index in [0.29, 0.717) is 6.61 Å². The predicted molar refractivity (Wildman–Crippen MR) is 60.7 cm³/mol. The summed E-state index contributed by atoms with van der Waals surface area (Å²) in [6, 6.07) is 4.68. The van der Waals surface area contributed by atoms with Crippen LogP contribution in [0, 0.1) is 5.82 Å². The summed E-state index contributed by atoms with van der Waals surface area (Å²) in [5, 5.41) is 0. The summed E-state index contributed by atoms with van der Waals surface area (Å²) in [6.45, 7) is 4.52. The zero-order chi connectivity index (χ0) is 11.1. The van der Waals surface area contributed by atoms with Crippen LogP contribution in [-0.2, 0) is 6.42 Å². The molecule has 0 spiro atoms. The van der Waals surface area contributed by atoms with Gasteiger partial charge in [0.25, 0.3) is 0 Å². The summed E-state index contributed by atoms with van der Waals surface area (Å²) in [5.74, 6) is 0.595. The molecule has 1 nitrogen and oxygen atoms in total. The molecule has 0 fully saturated rings. The Kier molecular flexibility index (Phi) is 4.88. The van der Waals surface area contributed by atoms with Gasteiger partial charge < -0.3 is 4.74 Å². The summed E-state index contributed by atoms with van der Waals surface area (Å²) in [4.78, 5) is 0. The van der Waals surface area contributed by atoms with Crippen LogP contribution < -0.4 is 4.74 Å². The van der Waals surface area contributed by atoms with E-state index in [4.69, 9.17) is 4.74 Å². The third kappa shape index (κ3) is 3.74. The van der Waals surface area contributed by atoms with Gasteiger partial charge in [-0.15, -0.1) is 0 Å². The monoisotopic (exact) mass is 208 g/mol. The first-order valence-electron chi connectivity index (χ1n) is 5.30. The lowest BCUT2D eigenvalue weighted by Crippen LogP contribution is -1.97. The summed E-state index contributed by atoms with van der Waals surface area (Å²) in [7, 11) is 0. The van der Waals surface area contributed by atoms with Crippen LogP contribution in [0.15, 0.2) is 30.4 Å². The van der Waals surface area contributed by atoms with Crippen molar-refractivity contribution in [1.82, 2.24) is 0 Å². The van der Waals surface area contributed by atoms with Gasteiger partial charge in [0.2, 0.25) is 0 Å². The van der Waals surface area contributed by atoms with Gasteiger partial charge >= 0.3 is 0 Å². The van der Waals surface area contributed by atoms with Crippen LogP contribution in [0.1, 0.15) is 25.8 Å². The Balaban J connectivity index is 2.76.